The molecule has 0 spiro atoms. The first kappa shape index (κ1) is 18.8. The summed E-state index contributed by atoms with van der Waals surface area (Å²) in [6, 6.07) is 6.31. The van der Waals surface area contributed by atoms with Gasteiger partial charge in [0, 0.05) is 36.6 Å². The van der Waals surface area contributed by atoms with Crippen LogP contribution < -0.4 is 4.90 Å². The summed E-state index contributed by atoms with van der Waals surface area (Å²) in [6.07, 6.45) is 11.2. The first-order valence-electron chi connectivity index (χ1n) is 10.2. The molecule has 26 heavy (non-hydrogen) atoms. The van der Waals surface area contributed by atoms with Crippen molar-refractivity contribution in [2.24, 2.45) is 0 Å². The molecular weight excluding hydrogens is 320 g/mol. The van der Waals surface area contributed by atoms with E-state index in [9.17, 15) is 4.79 Å². The van der Waals surface area contributed by atoms with Crippen LogP contribution in [-0.2, 0) is 6.42 Å². The Kier molecular flexibility index (Phi) is 6.18. The van der Waals surface area contributed by atoms with Gasteiger partial charge >= 0.3 is 0 Å². The van der Waals surface area contributed by atoms with E-state index in [0.717, 1.165) is 57.3 Å². The van der Waals surface area contributed by atoms with Gasteiger partial charge in [0.15, 0.2) is 0 Å². The average molecular weight is 353 g/mol. The number of anilines is 1. The number of hydrogen-bond donors (Lipinski definition) is 0. The molecule has 1 heterocycles. The number of amides is 1. The Morgan fingerprint density at radius 2 is 1.85 bits per heavy atom. The van der Waals surface area contributed by atoms with E-state index in [2.05, 4.69) is 50.0 Å². The summed E-state index contributed by atoms with van der Waals surface area (Å²) < 4.78 is 0. The molecule has 1 aromatic rings. The summed E-state index contributed by atoms with van der Waals surface area (Å²) in [7, 11) is 0. The van der Waals surface area contributed by atoms with Gasteiger partial charge in [-0.2, -0.15) is 0 Å². The zero-order valence-corrected chi connectivity index (χ0v) is 16.6. The Balaban J connectivity index is 1.87. The van der Waals surface area contributed by atoms with Crippen LogP contribution in [0.2, 0.25) is 0 Å². The van der Waals surface area contributed by atoms with Crippen LogP contribution in [-0.4, -0.2) is 30.4 Å². The molecule has 1 aliphatic carbocycles. The minimum atomic E-state index is 0.199. The molecule has 2 aliphatic rings. The molecule has 0 N–H and O–H groups in total. The van der Waals surface area contributed by atoms with Gasteiger partial charge in [0.05, 0.1) is 0 Å². The predicted molar refractivity (Wildman–Crippen MR) is 110 cm³/mol. The average Bonchev–Trinajstić information content (AvgIpc) is 2.70. The van der Waals surface area contributed by atoms with Gasteiger partial charge in [0.25, 0.3) is 5.91 Å². The van der Waals surface area contributed by atoms with Crippen molar-refractivity contribution in [3.63, 3.8) is 0 Å². The Labute approximate surface area is 158 Å². The number of carbonyl (C=O) groups excluding carboxylic acids is 1. The fourth-order valence-corrected chi connectivity index (χ4v) is 4.03. The van der Waals surface area contributed by atoms with Crippen molar-refractivity contribution in [3.8, 4) is 0 Å². The number of hydrogen-bond acceptors (Lipinski definition) is 2. The second kappa shape index (κ2) is 8.57. The van der Waals surface area contributed by atoms with Crippen LogP contribution in [0.25, 0.3) is 0 Å². The number of rotatable bonds is 5. The highest BCUT2D eigenvalue weighted by molar-refractivity contribution is 5.95. The number of piperidine rings is 1. The highest BCUT2D eigenvalue weighted by Gasteiger charge is 2.21. The Hall–Kier alpha value is -2.03. The van der Waals surface area contributed by atoms with Gasteiger partial charge in [-0.25, -0.2) is 0 Å². The van der Waals surface area contributed by atoms with Gasteiger partial charge in [-0.3, -0.25) is 4.79 Å². The lowest BCUT2D eigenvalue weighted by atomic mass is 10.00. The number of likely N-dealkylation sites (tertiary alicyclic amines) is 1. The normalized spacial score (nSPS) is 17.6. The molecule has 0 saturated carbocycles. The zero-order valence-electron chi connectivity index (χ0n) is 16.6. The minimum Gasteiger partial charge on any atom is -0.345 e. The second-order valence-corrected chi connectivity index (χ2v) is 7.47. The molecule has 1 amide bonds. The molecule has 1 saturated heterocycles. The SMILES string of the molecule is CCc1cc(C(=O)N2CCCCC2)ccc1N(CC)C1=CC=C(C)CC1. The third-order valence-electron chi connectivity index (χ3n) is 5.64. The lowest BCUT2D eigenvalue weighted by Crippen LogP contribution is -2.35. The molecule has 0 unspecified atom stereocenters. The molecule has 1 aliphatic heterocycles. The zero-order chi connectivity index (χ0) is 18.5. The lowest BCUT2D eigenvalue weighted by Gasteiger charge is -2.31. The standard InChI is InChI=1S/C23H32N2O/c1-4-19-17-20(23(26)24-15-7-6-8-16-24)11-14-22(19)25(5-2)21-12-9-18(3)10-13-21/h9,11-12,14,17H,4-8,10,13,15-16H2,1-3H3. The summed E-state index contributed by atoms with van der Waals surface area (Å²) in [4.78, 5) is 17.3. The molecule has 0 radical (unpaired) electrons. The number of benzene rings is 1. The molecule has 140 valence electrons. The van der Waals surface area contributed by atoms with E-state index < -0.39 is 0 Å². The molecular formula is C23H32N2O. The maximum atomic E-state index is 12.8. The lowest BCUT2D eigenvalue weighted by molar-refractivity contribution is 0.0724. The molecule has 0 bridgehead atoms. The smallest absolute Gasteiger partial charge is 0.253 e. The molecule has 1 fully saturated rings. The van der Waals surface area contributed by atoms with Crippen molar-refractivity contribution < 1.29 is 4.79 Å². The van der Waals surface area contributed by atoms with Crippen molar-refractivity contribution >= 4 is 11.6 Å². The third-order valence-corrected chi connectivity index (χ3v) is 5.64. The van der Waals surface area contributed by atoms with Gasteiger partial charge in [0.1, 0.15) is 0 Å². The summed E-state index contributed by atoms with van der Waals surface area (Å²) in [6.45, 7) is 9.34. The maximum absolute atomic E-state index is 12.8. The van der Waals surface area contributed by atoms with Crippen molar-refractivity contribution in [2.75, 3.05) is 24.5 Å². The van der Waals surface area contributed by atoms with Gasteiger partial charge in [-0.1, -0.05) is 18.6 Å². The van der Waals surface area contributed by atoms with E-state index in [-0.39, 0.29) is 5.91 Å². The Bertz CT molecular complexity index is 711. The highest BCUT2D eigenvalue weighted by Crippen LogP contribution is 2.30. The molecule has 3 nitrogen and oxygen atoms in total. The molecule has 3 heteroatoms. The summed E-state index contributed by atoms with van der Waals surface area (Å²) in [5.41, 5.74) is 6.19. The van der Waals surface area contributed by atoms with Crippen LogP contribution in [0.4, 0.5) is 5.69 Å². The van der Waals surface area contributed by atoms with Gasteiger partial charge < -0.3 is 9.80 Å². The monoisotopic (exact) mass is 352 g/mol. The van der Waals surface area contributed by atoms with Crippen LogP contribution >= 0.6 is 0 Å². The van der Waals surface area contributed by atoms with Crippen LogP contribution in [0.3, 0.4) is 0 Å². The molecule has 0 aromatic heterocycles. The van der Waals surface area contributed by atoms with Crippen LogP contribution in [0, 0.1) is 0 Å². The second-order valence-electron chi connectivity index (χ2n) is 7.47. The number of aryl methyl sites for hydroxylation is 1. The number of carbonyl (C=O) groups is 1. The van der Waals surface area contributed by atoms with Gasteiger partial charge in [0.2, 0.25) is 0 Å². The number of nitrogens with zero attached hydrogens (tertiary/aromatic N) is 2. The van der Waals surface area contributed by atoms with E-state index >= 15 is 0 Å². The maximum Gasteiger partial charge on any atom is 0.253 e. The van der Waals surface area contributed by atoms with Crippen LogP contribution in [0.15, 0.2) is 41.6 Å². The highest BCUT2D eigenvalue weighted by atomic mass is 16.2. The fraction of sp³-hybridized carbons (Fsp3) is 0.522. The Morgan fingerprint density at radius 1 is 1.08 bits per heavy atom. The van der Waals surface area contributed by atoms with Crippen molar-refractivity contribution in [1.29, 1.82) is 0 Å². The topological polar surface area (TPSA) is 23.6 Å². The van der Waals surface area contributed by atoms with E-state index in [0.29, 0.717) is 0 Å². The summed E-state index contributed by atoms with van der Waals surface area (Å²) in [5.74, 6) is 0.199. The molecule has 3 rings (SSSR count). The van der Waals surface area contributed by atoms with E-state index in [4.69, 9.17) is 0 Å². The van der Waals surface area contributed by atoms with Crippen molar-refractivity contribution in [3.05, 3.63) is 52.7 Å². The van der Waals surface area contributed by atoms with Gasteiger partial charge in [-0.15, -0.1) is 0 Å². The van der Waals surface area contributed by atoms with Crippen LogP contribution in [0.5, 0.6) is 0 Å². The summed E-state index contributed by atoms with van der Waals surface area (Å²) >= 11 is 0. The summed E-state index contributed by atoms with van der Waals surface area (Å²) in [5, 5.41) is 0. The first-order chi connectivity index (χ1) is 12.6. The first-order valence-corrected chi connectivity index (χ1v) is 10.2. The Morgan fingerprint density at radius 3 is 2.46 bits per heavy atom. The minimum absolute atomic E-state index is 0.199. The van der Waals surface area contributed by atoms with E-state index in [1.54, 1.807) is 0 Å². The van der Waals surface area contributed by atoms with E-state index in [1.807, 2.05) is 11.0 Å². The number of allylic oxidation sites excluding steroid dienone is 4. The van der Waals surface area contributed by atoms with Crippen molar-refractivity contribution in [2.45, 2.75) is 59.3 Å². The predicted octanol–water partition coefficient (Wildman–Crippen LogP) is 5.33. The largest absolute Gasteiger partial charge is 0.345 e. The van der Waals surface area contributed by atoms with Gasteiger partial charge in [-0.05, 0) is 82.2 Å². The van der Waals surface area contributed by atoms with Crippen molar-refractivity contribution in [1.82, 2.24) is 4.90 Å². The van der Waals surface area contributed by atoms with E-state index in [1.165, 1.54) is 28.9 Å². The third kappa shape index (κ3) is 4.03. The fourth-order valence-electron chi connectivity index (χ4n) is 4.03. The van der Waals surface area contributed by atoms with Crippen LogP contribution in [0.1, 0.15) is 68.8 Å². The quantitative estimate of drug-likeness (QED) is 0.715. The molecule has 1 aromatic carbocycles. The molecule has 0 atom stereocenters.